The van der Waals surface area contributed by atoms with Crippen molar-refractivity contribution in [1.29, 1.82) is 0 Å². The number of nitrogens with one attached hydrogen (secondary N) is 1. The highest BCUT2D eigenvalue weighted by atomic mass is 19.3. The fourth-order valence-corrected chi connectivity index (χ4v) is 1.73. The fraction of sp³-hybridized carbons (Fsp3) is 0.562. The average Bonchev–Trinajstić information content (AvgIpc) is 2.47. The summed E-state index contributed by atoms with van der Waals surface area (Å²) < 4.78 is 33.7. The van der Waals surface area contributed by atoms with Crippen LogP contribution in [0.4, 0.5) is 8.78 Å². The van der Waals surface area contributed by atoms with E-state index in [0.717, 1.165) is 12.8 Å². The molecule has 0 fully saturated rings. The number of amides is 1. The number of likely N-dealkylation sites (N-methyl/N-ethyl adjacent to an activating group) is 1. The molecule has 1 aromatic carbocycles. The van der Waals surface area contributed by atoms with Crippen LogP contribution in [0.2, 0.25) is 0 Å². The molecule has 124 valence electrons. The third kappa shape index (κ3) is 5.97. The van der Waals surface area contributed by atoms with Crippen molar-refractivity contribution in [3.63, 3.8) is 0 Å². The summed E-state index contributed by atoms with van der Waals surface area (Å²) in [5.41, 5.74) is -0.119. The number of halogens is 2. The summed E-state index contributed by atoms with van der Waals surface area (Å²) in [5, 5.41) is 2.50. The average molecular weight is 314 g/mol. The highest BCUT2D eigenvalue weighted by molar-refractivity contribution is 5.77. The zero-order chi connectivity index (χ0) is 16.6. The Morgan fingerprint density at radius 1 is 1.36 bits per heavy atom. The third-order valence-corrected chi connectivity index (χ3v) is 3.15. The summed E-state index contributed by atoms with van der Waals surface area (Å²) in [7, 11) is 3.17. The summed E-state index contributed by atoms with van der Waals surface area (Å²) in [5.74, 6) is -2.86. The SMILES string of the molecule is CCCCOc1cccc(C(F)(F)CNCC(=O)N(C)C)c1. The number of nitrogens with zero attached hydrogens (tertiary/aromatic N) is 1. The number of ether oxygens (including phenoxy) is 1. The highest BCUT2D eigenvalue weighted by Gasteiger charge is 2.31. The Balaban J connectivity index is 2.60. The van der Waals surface area contributed by atoms with E-state index >= 15 is 0 Å². The molecule has 0 aliphatic heterocycles. The molecule has 1 rings (SSSR count). The van der Waals surface area contributed by atoms with Gasteiger partial charge in [0.2, 0.25) is 5.91 Å². The zero-order valence-electron chi connectivity index (χ0n) is 13.4. The Morgan fingerprint density at radius 3 is 2.73 bits per heavy atom. The van der Waals surface area contributed by atoms with Gasteiger partial charge in [-0.2, -0.15) is 8.78 Å². The van der Waals surface area contributed by atoms with Crippen LogP contribution in [0.3, 0.4) is 0 Å². The Labute approximate surface area is 130 Å². The van der Waals surface area contributed by atoms with Gasteiger partial charge in [0.1, 0.15) is 5.75 Å². The maximum atomic E-state index is 14.1. The summed E-state index contributed by atoms with van der Waals surface area (Å²) in [6, 6.07) is 5.93. The molecule has 0 unspecified atom stereocenters. The van der Waals surface area contributed by atoms with Gasteiger partial charge in [-0.15, -0.1) is 0 Å². The van der Waals surface area contributed by atoms with E-state index in [-0.39, 0.29) is 18.0 Å². The topological polar surface area (TPSA) is 41.6 Å². The van der Waals surface area contributed by atoms with Crippen LogP contribution in [-0.4, -0.2) is 44.6 Å². The molecule has 0 saturated carbocycles. The first-order chi connectivity index (χ1) is 10.4. The number of hydrogen-bond acceptors (Lipinski definition) is 3. The smallest absolute Gasteiger partial charge is 0.285 e. The maximum absolute atomic E-state index is 14.1. The lowest BCUT2D eigenvalue weighted by Gasteiger charge is -2.19. The van der Waals surface area contributed by atoms with Crippen LogP contribution in [0.25, 0.3) is 0 Å². The molecule has 6 heteroatoms. The van der Waals surface area contributed by atoms with Gasteiger partial charge in [-0.3, -0.25) is 4.79 Å². The van der Waals surface area contributed by atoms with Crippen molar-refractivity contribution in [2.75, 3.05) is 33.8 Å². The Bertz CT molecular complexity index is 479. The molecule has 0 spiro atoms. The first-order valence-electron chi connectivity index (χ1n) is 7.39. The van der Waals surface area contributed by atoms with Gasteiger partial charge in [0.05, 0.1) is 19.7 Å². The highest BCUT2D eigenvalue weighted by Crippen LogP contribution is 2.29. The molecule has 22 heavy (non-hydrogen) atoms. The van der Waals surface area contributed by atoms with Crippen LogP contribution in [-0.2, 0) is 10.7 Å². The minimum atomic E-state index is -3.06. The third-order valence-electron chi connectivity index (χ3n) is 3.15. The van der Waals surface area contributed by atoms with Gasteiger partial charge in [-0.1, -0.05) is 25.5 Å². The van der Waals surface area contributed by atoms with Crippen LogP contribution in [0.15, 0.2) is 24.3 Å². The van der Waals surface area contributed by atoms with Crippen molar-refractivity contribution in [1.82, 2.24) is 10.2 Å². The monoisotopic (exact) mass is 314 g/mol. The van der Waals surface area contributed by atoms with E-state index in [1.807, 2.05) is 6.92 Å². The van der Waals surface area contributed by atoms with E-state index in [4.69, 9.17) is 4.74 Å². The quantitative estimate of drug-likeness (QED) is 0.713. The maximum Gasteiger partial charge on any atom is 0.285 e. The summed E-state index contributed by atoms with van der Waals surface area (Å²) in [4.78, 5) is 12.7. The van der Waals surface area contributed by atoms with Crippen LogP contribution in [0.5, 0.6) is 5.75 Å². The van der Waals surface area contributed by atoms with Crippen LogP contribution in [0, 0.1) is 0 Å². The van der Waals surface area contributed by atoms with Gasteiger partial charge in [0.15, 0.2) is 0 Å². The van der Waals surface area contributed by atoms with Gasteiger partial charge in [0.25, 0.3) is 5.92 Å². The van der Waals surface area contributed by atoms with Crippen molar-refractivity contribution in [3.05, 3.63) is 29.8 Å². The lowest BCUT2D eigenvalue weighted by Crippen LogP contribution is -2.38. The van der Waals surface area contributed by atoms with Gasteiger partial charge in [-0.05, 0) is 18.6 Å². The second-order valence-electron chi connectivity index (χ2n) is 5.33. The number of carbonyl (C=O) groups excluding carboxylic acids is 1. The van der Waals surface area contributed by atoms with Crippen molar-refractivity contribution >= 4 is 5.91 Å². The summed E-state index contributed by atoms with van der Waals surface area (Å²) in [6.07, 6.45) is 1.87. The predicted octanol–water partition coefficient (Wildman–Crippen LogP) is 2.64. The van der Waals surface area contributed by atoms with Gasteiger partial charge < -0.3 is 15.0 Å². The van der Waals surface area contributed by atoms with E-state index in [1.54, 1.807) is 26.2 Å². The van der Waals surface area contributed by atoms with Crippen molar-refractivity contribution in [2.24, 2.45) is 0 Å². The molecule has 0 radical (unpaired) electrons. The summed E-state index contributed by atoms with van der Waals surface area (Å²) in [6.45, 7) is 1.84. The van der Waals surface area contributed by atoms with Crippen LogP contribution < -0.4 is 10.1 Å². The minimum Gasteiger partial charge on any atom is -0.494 e. The molecular formula is C16H24F2N2O2. The second kappa shape index (κ2) is 8.68. The number of alkyl halides is 2. The van der Waals surface area contributed by atoms with Crippen LogP contribution in [0.1, 0.15) is 25.3 Å². The molecule has 0 bridgehead atoms. The van der Waals surface area contributed by atoms with Gasteiger partial charge >= 0.3 is 0 Å². The summed E-state index contributed by atoms with van der Waals surface area (Å²) >= 11 is 0. The first-order valence-corrected chi connectivity index (χ1v) is 7.39. The van der Waals surface area contributed by atoms with Crippen molar-refractivity contribution in [3.8, 4) is 5.75 Å². The van der Waals surface area contributed by atoms with Crippen molar-refractivity contribution in [2.45, 2.75) is 25.7 Å². The number of rotatable bonds is 9. The van der Waals surface area contributed by atoms with E-state index in [2.05, 4.69) is 5.32 Å². The molecule has 1 amide bonds. The molecule has 1 N–H and O–H groups in total. The van der Waals surface area contributed by atoms with Crippen LogP contribution >= 0.6 is 0 Å². The second-order valence-corrected chi connectivity index (χ2v) is 5.33. The Morgan fingerprint density at radius 2 is 2.09 bits per heavy atom. The molecule has 0 heterocycles. The number of unbranched alkanes of at least 4 members (excludes halogenated alkanes) is 1. The van der Waals surface area contributed by atoms with E-state index in [1.165, 1.54) is 17.0 Å². The van der Waals surface area contributed by atoms with Gasteiger partial charge in [-0.25, -0.2) is 0 Å². The fourth-order valence-electron chi connectivity index (χ4n) is 1.73. The van der Waals surface area contributed by atoms with Gasteiger partial charge in [0, 0.05) is 19.7 Å². The minimum absolute atomic E-state index is 0.116. The van der Waals surface area contributed by atoms with E-state index in [9.17, 15) is 13.6 Å². The lowest BCUT2D eigenvalue weighted by molar-refractivity contribution is -0.128. The molecule has 1 aromatic rings. The molecule has 0 saturated heterocycles. The van der Waals surface area contributed by atoms with Crippen molar-refractivity contribution < 1.29 is 18.3 Å². The number of carbonyl (C=O) groups is 1. The largest absolute Gasteiger partial charge is 0.494 e. The Kier molecular flexibility index (Phi) is 7.24. The zero-order valence-corrected chi connectivity index (χ0v) is 13.4. The standard InChI is InChI=1S/C16H24F2N2O2/c1-4-5-9-22-14-8-6-7-13(10-14)16(17,18)12-19-11-15(21)20(2)3/h6-8,10,19H,4-5,9,11-12H2,1-3H3. The number of hydrogen-bond donors (Lipinski definition) is 1. The number of benzene rings is 1. The molecular weight excluding hydrogens is 290 g/mol. The molecule has 0 aromatic heterocycles. The van der Waals surface area contributed by atoms with E-state index in [0.29, 0.717) is 12.4 Å². The Hall–Kier alpha value is -1.69. The lowest BCUT2D eigenvalue weighted by atomic mass is 10.1. The normalized spacial score (nSPS) is 11.3. The molecule has 0 aliphatic rings. The first kappa shape index (κ1) is 18.4. The molecule has 4 nitrogen and oxygen atoms in total. The van der Waals surface area contributed by atoms with E-state index < -0.39 is 12.5 Å². The molecule has 0 atom stereocenters. The predicted molar refractivity (Wildman–Crippen MR) is 82.3 cm³/mol. The molecule has 0 aliphatic carbocycles.